The number of thiazole rings is 1. The molecule has 9 nitrogen and oxygen atoms in total. The van der Waals surface area contributed by atoms with Crippen molar-refractivity contribution in [2.24, 2.45) is 0 Å². The first kappa shape index (κ1) is 28.6. The molecule has 0 spiro atoms. The Hall–Kier alpha value is -3.44. The highest BCUT2D eigenvalue weighted by molar-refractivity contribution is 7.98. The molecule has 0 saturated carbocycles. The van der Waals surface area contributed by atoms with E-state index in [1.807, 2.05) is 30.7 Å². The third-order valence-corrected chi connectivity index (χ3v) is 7.86. The van der Waals surface area contributed by atoms with Crippen LogP contribution in [0.25, 0.3) is 6.08 Å². The molecule has 0 bridgehead atoms. The molecule has 3 aromatic rings. The van der Waals surface area contributed by atoms with Crippen molar-refractivity contribution in [3.63, 3.8) is 0 Å². The molecule has 0 aliphatic carbocycles. The lowest BCUT2D eigenvalue weighted by Gasteiger charge is -2.16. The number of nitrogens with zero attached hydrogens (tertiary/aromatic N) is 5. The Morgan fingerprint density at radius 2 is 1.92 bits per heavy atom. The van der Waals surface area contributed by atoms with E-state index in [9.17, 15) is 14.4 Å². The van der Waals surface area contributed by atoms with Gasteiger partial charge in [0, 0.05) is 30.6 Å². The molecule has 1 aromatic carbocycles. The third kappa shape index (κ3) is 6.59. The topological polar surface area (TPSA) is 97.6 Å². The molecule has 3 heterocycles. The molecule has 1 aliphatic heterocycles. The molecule has 1 aliphatic rings. The van der Waals surface area contributed by atoms with Crippen LogP contribution in [-0.2, 0) is 29.0 Å². The number of ether oxygens (including phenoxy) is 1. The van der Waals surface area contributed by atoms with E-state index in [1.165, 1.54) is 28.2 Å². The van der Waals surface area contributed by atoms with Gasteiger partial charge in [0.25, 0.3) is 5.91 Å². The second kappa shape index (κ2) is 13.1. The molecular formula is C28H33N5O4S2. The number of imidazole rings is 1. The lowest BCUT2D eigenvalue weighted by atomic mass is 10.1. The number of imide groups is 1. The Morgan fingerprint density at radius 1 is 1.15 bits per heavy atom. The van der Waals surface area contributed by atoms with E-state index in [-0.39, 0.29) is 24.5 Å². The van der Waals surface area contributed by atoms with Crippen molar-refractivity contribution >= 4 is 47.1 Å². The Balaban J connectivity index is 1.71. The van der Waals surface area contributed by atoms with Crippen molar-refractivity contribution in [1.29, 1.82) is 0 Å². The molecule has 0 unspecified atom stereocenters. The lowest BCUT2D eigenvalue weighted by Crippen LogP contribution is -2.34. The van der Waals surface area contributed by atoms with E-state index < -0.39 is 0 Å². The zero-order valence-electron chi connectivity index (χ0n) is 22.7. The summed E-state index contributed by atoms with van der Waals surface area (Å²) in [6.07, 6.45) is 8.26. The standard InChI is InChI=1S/C28H33N5O4S2/c1-5-6-7-25-29-15-23(32(25)16-20-8-10-21(11-9-20)27(35)37-3)14-24-26(34)31(12-13-38-4)28(36)33(24)17-22-18-39-19(2)30-22/h8-11,14-15,18H,5-7,12-13,16-17H2,1-4H3/b24-14-. The van der Waals surface area contributed by atoms with Crippen LogP contribution in [0.3, 0.4) is 0 Å². The fraction of sp³-hybridized carbons (Fsp3) is 0.393. The number of thioether (sulfide) groups is 1. The molecule has 11 heteroatoms. The highest BCUT2D eigenvalue weighted by Crippen LogP contribution is 2.27. The van der Waals surface area contributed by atoms with Gasteiger partial charge in [-0.25, -0.2) is 19.6 Å². The number of aryl methyl sites for hydroxylation is 2. The Bertz CT molecular complexity index is 1360. The maximum Gasteiger partial charge on any atom is 0.337 e. The van der Waals surface area contributed by atoms with Gasteiger partial charge in [-0.15, -0.1) is 11.3 Å². The Labute approximate surface area is 236 Å². The third-order valence-electron chi connectivity index (χ3n) is 6.45. The highest BCUT2D eigenvalue weighted by Gasteiger charge is 2.41. The van der Waals surface area contributed by atoms with Crippen LogP contribution in [0.4, 0.5) is 4.79 Å². The molecule has 206 valence electrons. The molecule has 39 heavy (non-hydrogen) atoms. The zero-order valence-corrected chi connectivity index (χ0v) is 24.3. The van der Waals surface area contributed by atoms with Crippen molar-refractivity contribution < 1.29 is 19.1 Å². The fourth-order valence-corrected chi connectivity index (χ4v) is 5.32. The van der Waals surface area contributed by atoms with Gasteiger partial charge in [-0.2, -0.15) is 11.8 Å². The number of carbonyl (C=O) groups is 3. The summed E-state index contributed by atoms with van der Waals surface area (Å²) >= 11 is 3.10. The number of urea groups is 1. The molecule has 0 radical (unpaired) electrons. The van der Waals surface area contributed by atoms with Crippen LogP contribution < -0.4 is 0 Å². The molecule has 4 rings (SSSR count). The van der Waals surface area contributed by atoms with Crippen molar-refractivity contribution in [2.75, 3.05) is 25.7 Å². The number of esters is 1. The van der Waals surface area contributed by atoms with Gasteiger partial charge in [0.1, 0.15) is 11.5 Å². The first-order valence-electron chi connectivity index (χ1n) is 12.8. The molecule has 0 atom stereocenters. The largest absolute Gasteiger partial charge is 0.465 e. The zero-order chi connectivity index (χ0) is 27.9. The molecule has 2 aromatic heterocycles. The first-order chi connectivity index (χ1) is 18.9. The lowest BCUT2D eigenvalue weighted by molar-refractivity contribution is -0.122. The number of carbonyl (C=O) groups excluding carboxylic acids is 3. The van der Waals surface area contributed by atoms with Crippen molar-refractivity contribution in [3.8, 4) is 0 Å². The van der Waals surface area contributed by atoms with Gasteiger partial charge in [-0.1, -0.05) is 25.5 Å². The minimum Gasteiger partial charge on any atom is -0.465 e. The van der Waals surface area contributed by atoms with E-state index in [2.05, 4.69) is 21.5 Å². The van der Waals surface area contributed by atoms with E-state index in [4.69, 9.17) is 4.74 Å². The maximum absolute atomic E-state index is 13.5. The van der Waals surface area contributed by atoms with Gasteiger partial charge in [0.2, 0.25) is 0 Å². The second-order valence-corrected chi connectivity index (χ2v) is 11.2. The van der Waals surface area contributed by atoms with Gasteiger partial charge in [0.15, 0.2) is 0 Å². The Kier molecular flexibility index (Phi) is 9.58. The predicted molar refractivity (Wildman–Crippen MR) is 154 cm³/mol. The predicted octanol–water partition coefficient (Wildman–Crippen LogP) is 4.99. The number of methoxy groups -OCH3 is 1. The maximum atomic E-state index is 13.5. The molecule has 1 saturated heterocycles. The van der Waals surface area contributed by atoms with Crippen LogP contribution >= 0.6 is 23.1 Å². The minimum atomic E-state index is -0.385. The number of amides is 3. The number of hydrogen-bond donors (Lipinski definition) is 0. The normalized spacial score (nSPS) is 14.6. The summed E-state index contributed by atoms with van der Waals surface area (Å²) in [7, 11) is 1.36. The highest BCUT2D eigenvalue weighted by atomic mass is 32.2. The fourth-order valence-electron chi connectivity index (χ4n) is 4.35. The number of unbranched alkanes of at least 4 members (excludes halogenated alkanes) is 1. The van der Waals surface area contributed by atoms with E-state index in [0.29, 0.717) is 30.1 Å². The summed E-state index contributed by atoms with van der Waals surface area (Å²) in [4.78, 5) is 50.7. The minimum absolute atomic E-state index is 0.225. The number of rotatable bonds is 12. The van der Waals surface area contributed by atoms with Crippen LogP contribution in [0.2, 0.25) is 0 Å². The summed E-state index contributed by atoms with van der Waals surface area (Å²) in [5.41, 5.74) is 3.26. The van der Waals surface area contributed by atoms with Gasteiger partial charge in [-0.05, 0) is 43.4 Å². The smallest absolute Gasteiger partial charge is 0.337 e. The van der Waals surface area contributed by atoms with Crippen LogP contribution in [0.5, 0.6) is 0 Å². The van der Waals surface area contributed by atoms with Crippen LogP contribution in [-0.4, -0.2) is 67.9 Å². The van der Waals surface area contributed by atoms with Gasteiger partial charge < -0.3 is 9.30 Å². The number of benzene rings is 1. The monoisotopic (exact) mass is 567 g/mol. The van der Waals surface area contributed by atoms with Crippen LogP contribution in [0.1, 0.15) is 57.9 Å². The summed E-state index contributed by atoms with van der Waals surface area (Å²) < 4.78 is 6.88. The summed E-state index contributed by atoms with van der Waals surface area (Å²) in [5.74, 6) is 0.864. The quantitative estimate of drug-likeness (QED) is 0.173. The van der Waals surface area contributed by atoms with Gasteiger partial charge in [-0.3, -0.25) is 14.6 Å². The molecule has 0 N–H and O–H groups in total. The molecule has 3 amide bonds. The van der Waals surface area contributed by atoms with Crippen LogP contribution in [0, 0.1) is 6.92 Å². The summed E-state index contributed by atoms with van der Waals surface area (Å²) in [6, 6.07) is 6.92. The second-order valence-electron chi connectivity index (χ2n) is 9.18. The molecule has 1 fully saturated rings. The average molecular weight is 568 g/mol. The summed E-state index contributed by atoms with van der Waals surface area (Å²) in [5, 5.41) is 2.82. The van der Waals surface area contributed by atoms with E-state index in [1.54, 1.807) is 36.2 Å². The van der Waals surface area contributed by atoms with Crippen LogP contribution in [0.15, 0.2) is 41.5 Å². The SMILES string of the molecule is CCCCc1ncc(/C=C2/C(=O)N(CCSC)C(=O)N2Cc2csc(C)n2)n1Cc1ccc(C(=O)OC)cc1. The van der Waals surface area contributed by atoms with Gasteiger partial charge >= 0.3 is 12.0 Å². The van der Waals surface area contributed by atoms with Gasteiger partial charge in [0.05, 0.1) is 41.8 Å². The number of hydrogen-bond acceptors (Lipinski definition) is 8. The van der Waals surface area contributed by atoms with Crippen molar-refractivity contribution in [1.82, 2.24) is 24.3 Å². The van der Waals surface area contributed by atoms with Crippen molar-refractivity contribution in [2.45, 2.75) is 46.2 Å². The van der Waals surface area contributed by atoms with E-state index in [0.717, 1.165) is 47.0 Å². The van der Waals surface area contributed by atoms with E-state index >= 15 is 0 Å². The summed E-state index contributed by atoms with van der Waals surface area (Å²) in [6.45, 7) is 5.12. The number of aromatic nitrogens is 3. The first-order valence-corrected chi connectivity index (χ1v) is 15.1. The average Bonchev–Trinajstić information content (AvgIpc) is 3.59. The Morgan fingerprint density at radius 3 is 2.56 bits per heavy atom. The molecular weight excluding hydrogens is 534 g/mol. The van der Waals surface area contributed by atoms with Crippen molar-refractivity contribution in [3.05, 3.63) is 74.9 Å².